The maximum atomic E-state index is 13.6. The number of amides is 1. The van der Waals surface area contributed by atoms with Crippen molar-refractivity contribution in [3.05, 3.63) is 53.6 Å². The predicted molar refractivity (Wildman–Crippen MR) is 94.0 cm³/mol. The molecule has 0 unspecified atom stereocenters. The summed E-state index contributed by atoms with van der Waals surface area (Å²) < 4.78 is 42.8. The van der Waals surface area contributed by atoms with Crippen LogP contribution in [0.25, 0.3) is 0 Å². The van der Waals surface area contributed by atoms with Crippen molar-refractivity contribution in [1.82, 2.24) is 0 Å². The first-order valence-corrected chi connectivity index (χ1v) is 8.14. The van der Waals surface area contributed by atoms with Crippen LogP contribution in [-0.2, 0) is 9.53 Å². The molecule has 0 spiro atoms. The average molecular weight is 379 g/mol. The van der Waals surface area contributed by atoms with Crippen LogP contribution in [-0.4, -0.2) is 31.7 Å². The van der Waals surface area contributed by atoms with E-state index in [1.807, 2.05) is 0 Å². The summed E-state index contributed by atoms with van der Waals surface area (Å²) in [5.74, 6) is -2.74. The van der Waals surface area contributed by atoms with Gasteiger partial charge in [0.1, 0.15) is 17.3 Å². The number of anilines is 1. The van der Waals surface area contributed by atoms with Gasteiger partial charge in [-0.15, -0.1) is 0 Å². The number of esters is 1. The summed E-state index contributed by atoms with van der Waals surface area (Å²) in [7, 11) is 1.46. The molecule has 0 saturated carbocycles. The number of halogens is 2. The van der Waals surface area contributed by atoms with E-state index in [0.29, 0.717) is 18.1 Å². The summed E-state index contributed by atoms with van der Waals surface area (Å²) in [6.45, 7) is 3.43. The van der Waals surface area contributed by atoms with E-state index in [1.54, 1.807) is 6.92 Å². The maximum absolute atomic E-state index is 13.6. The largest absolute Gasteiger partial charge is 0.493 e. The van der Waals surface area contributed by atoms with E-state index in [-0.39, 0.29) is 5.56 Å². The third kappa shape index (κ3) is 4.93. The van der Waals surface area contributed by atoms with Crippen molar-refractivity contribution < 1.29 is 32.6 Å². The van der Waals surface area contributed by atoms with Crippen LogP contribution in [0.2, 0.25) is 0 Å². The number of nitrogens with one attached hydrogen (secondary N) is 1. The molecule has 0 saturated heterocycles. The van der Waals surface area contributed by atoms with Gasteiger partial charge in [-0.2, -0.15) is 0 Å². The molecule has 2 rings (SSSR count). The summed E-state index contributed by atoms with van der Waals surface area (Å²) in [5, 5.41) is 2.07. The highest BCUT2D eigenvalue weighted by atomic mass is 19.1. The molecule has 1 amide bonds. The normalized spacial score (nSPS) is 11.4. The van der Waals surface area contributed by atoms with Gasteiger partial charge in [0.05, 0.1) is 19.3 Å². The molecular formula is C19H19F2NO5. The average Bonchev–Trinajstić information content (AvgIpc) is 2.64. The lowest BCUT2D eigenvalue weighted by molar-refractivity contribution is -0.123. The smallest absolute Gasteiger partial charge is 0.339 e. The molecule has 0 aliphatic carbocycles. The van der Waals surface area contributed by atoms with Gasteiger partial charge >= 0.3 is 5.97 Å². The highest BCUT2D eigenvalue weighted by Gasteiger charge is 2.22. The third-order valence-electron chi connectivity index (χ3n) is 3.56. The number of methoxy groups -OCH3 is 1. The first-order chi connectivity index (χ1) is 12.9. The fraction of sp³-hybridized carbons (Fsp3) is 0.263. The minimum absolute atomic E-state index is 0.135. The molecule has 0 fully saturated rings. The van der Waals surface area contributed by atoms with Crippen LogP contribution in [0.1, 0.15) is 24.2 Å². The van der Waals surface area contributed by atoms with Gasteiger partial charge in [0.15, 0.2) is 17.6 Å². The van der Waals surface area contributed by atoms with E-state index >= 15 is 0 Å². The number of benzene rings is 2. The van der Waals surface area contributed by atoms with E-state index in [9.17, 15) is 18.4 Å². The summed E-state index contributed by atoms with van der Waals surface area (Å²) in [6, 6.07) is 7.57. The first-order valence-electron chi connectivity index (χ1n) is 8.14. The van der Waals surface area contributed by atoms with Crippen LogP contribution in [0.15, 0.2) is 36.4 Å². The van der Waals surface area contributed by atoms with Gasteiger partial charge in [0, 0.05) is 0 Å². The monoisotopic (exact) mass is 379 g/mol. The Morgan fingerprint density at radius 3 is 2.37 bits per heavy atom. The zero-order chi connectivity index (χ0) is 20.0. The van der Waals surface area contributed by atoms with Crippen molar-refractivity contribution >= 4 is 17.6 Å². The van der Waals surface area contributed by atoms with Gasteiger partial charge in [0.25, 0.3) is 5.91 Å². The third-order valence-corrected chi connectivity index (χ3v) is 3.56. The molecule has 2 aromatic rings. The Balaban J connectivity index is 2.08. The van der Waals surface area contributed by atoms with E-state index < -0.39 is 35.3 Å². The van der Waals surface area contributed by atoms with Crippen LogP contribution in [0.4, 0.5) is 14.5 Å². The summed E-state index contributed by atoms with van der Waals surface area (Å²) in [4.78, 5) is 24.3. The Bertz CT molecular complexity index is 821. The molecule has 8 heteroatoms. The number of para-hydroxylation sites is 1. The van der Waals surface area contributed by atoms with Crippen molar-refractivity contribution in [1.29, 1.82) is 0 Å². The lowest BCUT2D eigenvalue weighted by Gasteiger charge is -2.15. The second kappa shape index (κ2) is 8.98. The minimum atomic E-state index is -1.28. The maximum Gasteiger partial charge on any atom is 0.339 e. The topological polar surface area (TPSA) is 73.9 Å². The molecule has 0 heterocycles. The number of carbonyl (C=O) groups excluding carboxylic acids is 2. The lowest BCUT2D eigenvalue weighted by atomic mass is 10.2. The van der Waals surface area contributed by atoms with Gasteiger partial charge in [-0.05, 0) is 44.2 Å². The molecular weight excluding hydrogens is 360 g/mol. The van der Waals surface area contributed by atoms with Crippen molar-refractivity contribution in [3.63, 3.8) is 0 Å². The molecule has 6 nitrogen and oxygen atoms in total. The van der Waals surface area contributed by atoms with Gasteiger partial charge in [-0.1, -0.05) is 6.07 Å². The number of hydrogen-bond acceptors (Lipinski definition) is 5. The van der Waals surface area contributed by atoms with Crippen LogP contribution in [0.5, 0.6) is 11.5 Å². The fourth-order valence-corrected chi connectivity index (χ4v) is 2.20. The second-order valence-corrected chi connectivity index (χ2v) is 5.43. The molecule has 2 aromatic carbocycles. The van der Waals surface area contributed by atoms with E-state index in [4.69, 9.17) is 14.2 Å². The Labute approximate surface area is 155 Å². The van der Waals surface area contributed by atoms with Crippen LogP contribution >= 0.6 is 0 Å². The quantitative estimate of drug-likeness (QED) is 0.745. The van der Waals surface area contributed by atoms with Gasteiger partial charge < -0.3 is 19.5 Å². The van der Waals surface area contributed by atoms with E-state index in [0.717, 1.165) is 12.1 Å². The van der Waals surface area contributed by atoms with Gasteiger partial charge in [0.2, 0.25) is 0 Å². The number of rotatable bonds is 7. The Morgan fingerprint density at radius 1 is 1.11 bits per heavy atom. The Morgan fingerprint density at radius 2 is 1.78 bits per heavy atom. The zero-order valence-corrected chi connectivity index (χ0v) is 15.0. The van der Waals surface area contributed by atoms with E-state index in [2.05, 4.69) is 5.32 Å². The van der Waals surface area contributed by atoms with Crippen molar-refractivity contribution in [2.24, 2.45) is 0 Å². The molecule has 0 aromatic heterocycles. The summed E-state index contributed by atoms with van der Waals surface area (Å²) in [5.41, 5.74) is -0.468. The Hall–Kier alpha value is -3.16. The molecule has 1 N–H and O–H groups in total. The molecule has 0 aliphatic heterocycles. The molecule has 0 radical (unpaired) electrons. The summed E-state index contributed by atoms with van der Waals surface area (Å²) in [6.07, 6.45) is -1.28. The van der Waals surface area contributed by atoms with Crippen molar-refractivity contribution in [2.45, 2.75) is 20.0 Å². The molecule has 27 heavy (non-hydrogen) atoms. The second-order valence-electron chi connectivity index (χ2n) is 5.43. The van der Waals surface area contributed by atoms with Crippen LogP contribution < -0.4 is 14.8 Å². The summed E-state index contributed by atoms with van der Waals surface area (Å²) >= 11 is 0. The first kappa shape index (κ1) is 20.2. The van der Waals surface area contributed by atoms with Gasteiger partial charge in [-0.25, -0.2) is 13.6 Å². The van der Waals surface area contributed by atoms with Gasteiger partial charge in [-0.3, -0.25) is 4.79 Å². The molecule has 0 aliphatic rings. The molecule has 144 valence electrons. The SMILES string of the molecule is CCOc1cc(C(=O)O[C@H](C)C(=O)Nc2c(F)cccc2F)ccc1OC. The van der Waals surface area contributed by atoms with Crippen molar-refractivity contribution in [2.75, 3.05) is 19.0 Å². The molecule has 1 atom stereocenters. The molecule has 0 bridgehead atoms. The standard InChI is InChI=1S/C19H19F2NO5/c1-4-26-16-10-12(8-9-15(16)25-3)19(24)27-11(2)18(23)22-17-13(20)6-5-7-14(17)21/h5-11H,4H2,1-3H3,(H,22,23)/t11-/m1/s1. The number of carbonyl (C=O) groups is 2. The fourth-order valence-electron chi connectivity index (χ4n) is 2.20. The van der Waals surface area contributed by atoms with E-state index in [1.165, 1.54) is 38.3 Å². The van der Waals surface area contributed by atoms with Crippen LogP contribution in [0, 0.1) is 11.6 Å². The van der Waals surface area contributed by atoms with Crippen LogP contribution in [0.3, 0.4) is 0 Å². The Kier molecular flexibility index (Phi) is 6.70. The number of hydrogen-bond donors (Lipinski definition) is 1. The predicted octanol–water partition coefficient (Wildman–Crippen LogP) is 3.56. The highest BCUT2D eigenvalue weighted by molar-refractivity contribution is 5.97. The zero-order valence-electron chi connectivity index (χ0n) is 15.0. The highest BCUT2D eigenvalue weighted by Crippen LogP contribution is 2.28. The lowest BCUT2D eigenvalue weighted by Crippen LogP contribution is -2.30. The minimum Gasteiger partial charge on any atom is -0.493 e. The number of ether oxygens (including phenoxy) is 3. The van der Waals surface area contributed by atoms with Crippen molar-refractivity contribution in [3.8, 4) is 11.5 Å².